The molecule has 5 N–H and O–H groups in total. The van der Waals surface area contributed by atoms with Crippen molar-refractivity contribution < 1.29 is 14.4 Å². The van der Waals surface area contributed by atoms with Crippen LogP contribution < -0.4 is 16.4 Å². The van der Waals surface area contributed by atoms with Gasteiger partial charge in [-0.3, -0.25) is 14.4 Å². The normalized spacial score (nSPS) is 14.5. The summed E-state index contributed by atoms with van der Waals surface area (Å²) < 4.78 is 0. The second-order valence-electron chi connectivity index (χ2n) is 7.32. The Labute approximate surface area is 170 Å². The van der Waals surface area contributed by atoms with Crippen LogP contribution in [0, 0.1) is 5.92 Å². The predicted octanol–water partition coefficient (Wildman–Crippen LogP) is 1.53. The van der Waals surface area contributed by atoms with E-state index in [1.54, 1.807) is 0 Å². The van der Waals surface area contributed by atoms with Gasteiger partial charge in [0.2, 0.25) is 11.8 Å². The highest BCUT2D eigenvalue weighted by atomic mass is 32.1. The van der Waals surface area contributed by atoms with E-state index >= 15 is 0 Å². The van der Waals surface area contributed by atoms with E-state index in [0.717, 1.165) is 16.5 Å². The number of hydrogen-bond donors (Lipinski definition) is 5. The standard InChI is InChI=1S/C20H28N4O3S/c1-11(2)18(12(3)25)24-17(26)9-14(23-20(27)19(21)28)8-13-10-22-16-7-5-4-6-15(13)16/h4-7,10-11,14,18-19,22,28H,8-9,21H2,1-3H3,(H,23,27)(H,24,26)/t14?,18-,19?/m0/s1. The number of aromatic nitrogens is 1. The summed E-state index contributed by atoms with van der Waals surface area (Å²) in [6.07, 6.45) is 2.34. The van der Waals surface area contributed by atoms with Crippen LogP contribution in [0.2, 0.25) is 0 Å². The highest BCUT2D eigenvalue weighted by molar-refractivity contribution is 7.81. The number of nitrogens with two attached hydrogens (primary N) is 1. The first kappa shape index (κ1) is 22.0. The van der Waals surface area contributed by atoms with Gasteiger partial charge in [-0.2, -0.15) is 12.6 Å². The van der Waals surface area contributed by atoms with Crippen LogP contribution in [0.15, 0.2) is 30.5 Å². The van der Waals surface area contributed by atoms with Crippen molar-refractivity contribution in [2.45, 2.75) is 51.1 Å². The molecule has 0 aliphatic heterocycles. The second kappa shape index (κ2) is 9.75. The van der Waals surface area contributed by atoms with Crippen LogP contribution >= 0.6 is 12.6 Å². The summed E-state index contributed by atoms with van der Waals surface area (Å²) in [4.78, 5) is 39.6. The van der Waals surface area contributed by atoms with Gasteiger partial charge in [0, 0.05) is 29.6 Å². The molecule has 0 saturated carbocycles. The Kier molecular flexibility index (Phi) is 7.65. The number of rotatable bonds is 9. The number of carbonyl (C=O) groups excluding carboxylic acids is 3. The highest BCUT2D eigenvalue weighted by Gasteiger charge is 2.24. The maximum absolute atomic E-state index is 12.5. The maximum Gasteiger partial charge on any atom is 0.247 e. The number of nitrogens with one attached hydrogen (secondary N) is 3. The van der Waals surface area contributed by atoms with E-state index in [9.17, 15) is 14.4 Å². The molecule has 0 aliphatic carbocycles. The Morgan fingerprint density at radius 3 is 2.46 bits per heavy atom. The summed E-state index contributed by atoms with van der Waals surface area (Å²) in [5.74, 6) is -0.869. The summed E-state index contributed by atoms with van der Waals surface area (Å²) >= 11 is 3.95. The number of para-hydroxylation sites is 1. The largest absolute Gasteiger partial charge is 0.361 e. The molecular weight excluding hydrogens is 376 g/mol. The number of hydrogen-bond acceptors (Lipinski definition) is 5. The van der Waals surface area contributed by atoms with Crippen molar-refractivity contribution >= 4 is 41.1 Å². The Morgan fingerprint density at radius 2 is 1.86 bits per heavy atom. The monoisotopic (exact) mass is 404 g/mol. The topological polar surface area (TPSA) is 117 Å². The van der Waals surface area contributed by atoms with Crippen molar-refractivity contribution in [2.24, 2.45) is 11.7 Å². The Hall–Kier alpha value is -2.32. The average Bonchev–Trinajstić information content (AvgIpc) is 3.02. The zero-order chi connectivity index (χ0) is 20.8. The first-order chi connectivity index (χ1) is 13.2. The molecule has 7 nitrogen and oxygen atoms in total. The van der Waals surface area contributed by atoms with Crippen molar-refractivity contribution in [1.82, 2.24) is 15.6 Å². The predicted molar refractivity (Wildman–Crippen MR) is 113 cm³/mol. The summed E-state index contributed by atoms with van der Waals surface area (Å²) in [6.45, 7) is 5.20. The lowest BCUT2D eigenvalue weighted by Gasteiger charge is -2.23. The van der Waals surface area contributed by atoms with Crippen molar-refractivity contribution in [3.8, 4) is 0 Å². The van der Waals surface area contributed by atoms with Crippen LogP contribution in [0.25, 0.3) is 10.9 Å². The van der Waals surface area contributed by atoms with Crippen molar-refractivity contribution in [3.05, 3.63) is 36.0 Å². The van der Waals surface area contributed by atoms with Crippen LogP contribution in [0.1, 0.15) is 32.8 Å². The fraction of sp³-hybridized carbons (Fsp3) is 0.450. The molecule has 152 valence electrons. The number of amides is 2. The number of fused-ring (bicyclic) bond motifs is 1. The fourth-order valence-electron chi connectivity index (χ4n) is 3.22. The summed E-state index contributed by atoms with van der Waals surface area (Å²) in [5.41, 5.74) is 7.50. The molecule has 8 heteroatoms. The summed E-state index contributed by atoms with van der Waals surface area (Å²) in [5, 5.41) is 5.60. The third-order valence-electron chi connectivity index (χ3n) is 4.61. The van der Waals surface area contributed by atoms with E-state index in [1.807, 2.05) is 44.3 Å². The molecule has 0 aliphatic rings. The third kappa shape index (κ3) is 5.84. The lowest BCUT2D eigenvalue weighted by molar-refractivity contribution is -0.128. The third-order valence-corrected chi connectivity index (χ3v) is 4.84. The summed E-state index contributed by atoms with van der Waals surface area (Å²) in [6, 6.07) is 6.78. The zero-order valence-electron chi connectivity index (χ0n) is 16.4. The van der Waals surface area contributed by atoms with Gasteiger partial charge in [-0.25, -0.2) is 0 Å². The molecule has 1 aromatic carbocycles. The molecule has 1 heterocycles. The van der Waals surface area contributed by atoms with Gasteiger partial charge < -0.3 is 21.4 Å². The molecule has 0 saturated heterocycles. The second-order valence-corrected chi connectivity index (χ2v) is 7.87. The van der Waals surface area contributed by atoms with E-state index in [2.05, 4.69) is 28.2 Å². The Balaban J connectivity index is 2.16. The number of Topliss-reactive ketones (excluding diaryl/α,β-unsaturated/α-hetero) is 1. The smallest absolute Gasteiger partial charge is 0.247 e. The first-order valence-corrected chi connectivity index (χ1v) is 9.79. The van der Waals surface area contributed by atoms with E-state index in [4.69, 9.17) is 5.73 Å². The van der Waals surface area contributed by atoms with Gasteiger partial charge >= 0.3 is 0 Å². The van der Waals surface area contributed by atoms with Crippen molar-refractivity contribution in [1.29, 1.82) is 0 Å². The molecule has 0 spiro atoms. The Morgan fingerprint density at radius 1 is 1.18 bits per heavy atom. The Bertz CT molecular complexity index is 847. The molecule has 3 atom stereocenters. The molecule has 28 heavy (non-hydrogen) atoms. The lowest BCUT2D eigenvalue weighted by atomic mass is 9.99. The highest BCUT2D eigenvalue weighted by Crippen LogP contribution is 2.20. The molecule has 0 radical (unpaired) electrons. The number of thiol groups is 1. The quantitative estimate of drug-likeness (QED) is 0.322. The van der Waals surface area contributed by atoms with E-state index in [-0.39, 0.29) is 24.0 Å². The SMILES string of the molecule is CC(=O)[C@@H](NC(=O)CC(Cc1c[nH]c2ccccc12)NC(=O)C(N)S)C(C)C. The average molecular weight is 405 g/mol. The molecule has 0 fully saturated rings. The summed E-state index contributed by atoms with van der Waals surface area (Å²) in [7, 11) is 0. The van der Waals surface area contributed by atoms with Gasteiger partial charge in [0.1, 0.15) is 5.37 Å². The number of aromatic amines is 1. The van der Waals surface area contributed by atoms with Crippen LogP contribution in [0.5, 0.6) is 0 Å². The van der Waals surface area contributed by atoms with Crippen molar-refractivity contribution in [2.75, 3.05) is 0 Å². The first-order valence-electron chi connectivity index (χ1n) is 9.27. The van der Waals surface area contributed by atoms with E-state index < -0.39 is 23.4 Å². The van der Waals surface area contributed by atoms with Crippen LogP contribution in [-0.2, 0) is 20.8 Å². The van der Waals surface area contributed by atoms with Crippen LogP contribution in [0.3, 0.4) is 0 Å². The number of benzene rings is 1. The van der Waals surface area contributed by atoms with Crippen LogP contribution in [-0.4, -0.2) is 40.0 Å². The number of H-pyrrole nitrogens is 1. The minimum atomic E-state index is -0.978. The minimum absolute atomic E-state index is 0.0195. The van der Waals surface area contributed by atoms with Gasteiger partial charge in [0.15, 0.2) is 5.78 Å². The number of carbonyl (C=O) groups is 3. The minimum Gasteiger partial charge on any atom is -0.361 e. The van der Waals surface area contributed by atoms with E-state index in [0.29, 0.717) is 6.42 Å². The number of ketones is 1. The zero-order valence-corrected chi connectivity index (χ0v) is 17.3. The fourth-order valence-corrected chi connectivity index (χ4v) is 3.30. The van der Waals surface area contributed by atoms with Gasteiger partial charge in [-0.15, -0.1) is 0 Å². The van der Waals surface area contributed by atoms with Crippen LogP contribution in [0.4, 0.5) is 0 Å². The van der Waals surface area contributed by atoms with E-state index in [1.165, 1.54) is 6.92 Å². The molecular formula is C20H28N4O3S. The molecule has 2 aromatic rings. The molecule has 2 unspecified atom stereocenters. The van der Waals surface area contributed by atoms with Gasteiger partial charge in [-0.05, 0) is 30.9 Å². The van der Waals surface area contributed by atoms with Gasteiger partial charge in [-0.1, -0.05) is 32.0 Å². The molecule has 1 aromatic heterocycles. The molecule has 2 rings (SSSR count). The molecule has 2 amide bonds. The molecule has 0 bridgehead atoms. The van der Waals surface area contributed by atoms with Crippen molar-refractivity contribution in [3.63, 3.8) is 0 Å². The lowest BCUT2D eigenvalue weighted by Crippen LogP contribution is -2.48. The van der Waals surface area contributed by atoms with Gasteiger partial charge in [0.25, 0.3) is 0 Å². The maximum atomic E-state index is 12.5. The van der Waals surface area contributed by atoms with Gasteiger partial charge in [0.05, 0.1) is 6.04 Å².